The van der Waals surface area contributed by atoms with E-state index >= 15 is 0 Å². The lowest BCUT2D eigenvalue weighted by Gasteiger charge is -2.26. The fraction of sp³-hybridized carbons (Fsp3) is 0.500. The molecule has 1 amide bonds. The number of rotatable bonds is 3. The number of hydrogen-bond donors (Lipinski definition) is 1. The number of benzene rings is 1. The highest BCUT2D eigenvalue weighted by Crippen LogP contribution is 2.31. The average molecular weight is 395 g/mol. The molecule has 116 valence electrons. The predicted octanol–water partition coefficient (Wildman–Crippen LogP) is 3.75. The van der Waals surface area contributed by atoms with Crippen molar-refractivity contribution in [1.29, 1.82) is 0 Å². The molecule has 2 rings (SSSR count). The van der Waals surface area contributed by atoms with Crippen molar-refractivity contribution in [3.8, 4) is 0 Å². The van der Waals surface area contributed by atoms with Crippen LogP contribution < -0.4 is 5.32 Å². The summed E-state index contributed by atoms with van der Waals surface area (Å²) in [6.07, 6.45) is 4.06. The first-order chi connectivity index (χ1) is 9.62. The van der Waals surface area contributed by atoms with Crippen LogP contribution in [-0.2, 0) is 9.05 Å². The molecule has 1 aromatic carbocycles. The van der Waals surface area contributed by atoms with Crippen molar-refractivity contribution < 1.29 is 13.2 Å². The van der Waals surface area contributed by atoms with Gasteiger partial charge in [-0.25, -0.2) is 8.42 Å². The molecule has 1 aliphatic carbocycles. The molecule has 0 saturated heterocycles. The summed E-state index contributed by atoms with van der Waals surface area (Å²) in [7, 11) is 1.50. The van der Waals surface area contributed by atoms with E-state index in [2.05, 4.69) is 21.2 Å². The smallest absolute Gasteiger partial charge is 0.261 e. The van der Waals surface area contributed by atoms with Crippen molar-refractivity contribution in [3.63, 3.8) is 0 Å². The lowest BCUT2D eigenvalue weighted by molar-refractivity contribution is 0.0907. The Morgan fingerprint density at radius 2 is 1.90 bits per heavy atom. The van der Waals surface area contributed by atoms with E-state index < -0.39 is 9.05 Å². The van der Waals surface area contributed by atoms with Crippen LogP contribution >= 0.6 is 26.6 Å². The van der Waals surface area contributed by atoms with Crippen LogP contribution in [0.5, 0.6) is 0 Å². The summed E-state index contributed by atoms with van der Waals surface area (Å²) >= 11 is 3.28. The topological polar surface area (TPSA) is 63.2 Å². The summed E-state index contributed by atoms with van der Waals surface area (Å²) in [4.78, 5) is 12.4. The van der Waals surface area contributed by atoms with E-state index in [-0.39, 0.29) is 16.3 Å². The molecule has 1 N–H and O–H groups in total. The molecule has 1 saturated carbocycles. The van der Waals surface area contributed by atoms with Crippen LogP contribution in [-0.4, -0.2) is 19.9 Å². The van der Waals surface area contributed by atoms with Crippen LogP contribution in [0.1, 0.15) is 48.5 Å². The Bertz CT molecular complexity index is 682. The zero-order valence-corrected chi connectivity index (χ0v) is 15.0. The van der Waals surface area contributed by atoms with E-state index in [0.717, 1.165) is 25.7 Å². The summed E-state index contributed by atoms with van der Waals surface area (Å²) in [5, 5.41) is 3.02. The van der Waals surface area contributed by atoms with Gasteiger partial charge in [-0.1, -0.05) is 28.8 Å². The molecule has 1 aliphatic rings. The highest BCUT2D eigenvalue weighted by atomic mass is 79.9. The highest BCUT2D eigenvalue weighted by Gasteiger charge is 2.31. The standard InChI is InChI=1S/C14H17BrClNO3S/c1-9-11(7-10(8-12(9)15)21(16,19)20)13(18)17-14(2)5-3-4-6-14/h7-8H,3-6H2,1-2H3,(H,17,18). The molecule has 0 unspecified atom stereocenters. The van der Waals surface area contributed by atoms with Gasteiger partial charge in [-0.05, 0) is 44.4 Å². The van der Waals surface area contributed by atoms with Crippen molar-refractivity contribution in [3.05, 3.63) is 27.7 Å². The largest absolute Gasteiger partial charge is 0.347 e. The van der Waals surface area contributed by atoms with E-state index in [1.807, 2.05) is 6.92 Å². The number of nitrogens with one attached hydrogen (secondary N) is 1. The summed E-state index contributed by atoms with van der Waals surface area (Å²) in [6, 6.07) is 2.74. The van der Waals surface area contributed by atoms with Crippen molar-refractivity contribution in [2.75, 3.05) is 0 Å². The monoisotopic (exact) mass is 393 g/mol. The molecule has 7 heteroatoms. The third kappa shape index (κ3) is 3.79. The Balaban J connectivity index is 2.38. The third-order valence-electron chi connectivity index (χ3n) is 3.97. The van der Waals surface area contributed by atoms with Gasteiger partial charge in [0.05, 0.1) is 4.90 Å². The molecule has 0 aromatic heterocycles. The molecule has 0 heterocycles. The van der Waals surface area contributed by atoms with Crippen LogP contribution in [0.2, 0.25) is 0 Å². The SMILES string of the molecule is Cc1c(Br)cc(S(=O)(=O)Cl)cc1C(=O)NC1(C)CCCC1. The van der Waals surface area contributed by atoms with Crippen LogP contribution in [0.15, 0.2) is 21.5 Å². The number of carbonyl (C=O) groups is 1. The Morgan fingerprint density at radius 3 is 2.43 bits per heavy atom. The van der Waals surface area contributed by atoms with Gasteiger partial charge < -0.3 is 5.32 Å². The van der Waals surface area contributed by atoms with Gasteiger partial charge in [-0.2, -0.15) is 0 Å². The molecular weight excluding hydrogens is 378 g/mol. The Hall–Kier alpha value is -0.590. The zero-order chi connectivity index (χ0) is 15.8. The van der Waals surface area contributed by atoms with Crippen molar-refractivity contribution >= 4 is 41.6 Å². The zero-order valence-electron chi connectivity index (χ0n) is 11.9. The fourth-order valence-electron chi connectivity index (χ4n) is 2.65. The van der Waals surface area contributed by atoms with Gasteiger partial charge in [0.15, 0.2) is 0 Å². The summed E-state index contributed by atoms with van der Waals surface area (Å²) < 4.78 is 23.5. The maximum absolute atomic E-state index is 12.5. The molecular formula is C14H17BrClNO3S. The van der Waals surface area contributed by atoms with Gasteiger partial charge in [-0.15, -0.1) is 0 Å². The highest BCUT2D eigenvalue weighted by molar-refractivity contribution is 9.10. The lowest BCUT2D eigenvalue weighted by atomic mass is 9.99. The van der Waals surface area contributed by atoms with Gasteiger partial charge >= 0.3 is 0 Å². The van der Waals surface area contributed by atoms with Gasteiger partial charge in [0.25, 0.3) is 15.0 Å². The lowest BCUT2D eigenvalue weighted by Crippen LogP contribution is -2.43. The van der Waals surface area contributed by atoms with Crippen LogP contribution in [0.4, 0.5) is 0 Å². The molecule has 4 nitrogen and oxygen atoms in total. The molecule has 1 aromatic rings. The van der Waals surface area contributed by atoms with E-state index in [1.165, 1.54) is 12.1 Å². The third-order valence-corrected chi connectivity index (χ3v) is 6.12. The average Bonchev–Trinajstić information content (AvgIpc) is 2.77. The number of hydrogen-bond acceptors (Lipinski definition) is 3. The van der Waals surface area contributed by atoms with Crippen LogP contribution in [0.3, 0.4) is 0 Å². The van der Waals surface area contributed by atoms with Gasteiger partial charge in [0.2, 0.25) is 0 Å². The van der Waals surface area contributed by atoms with Crippen LogP contribution in [0, 0.1) is 6.92 Å². The van der Waals surface area contributed by atoms with Crippen molar-refractivity contribution in [2.24, 2.45) is 0 Å². The molecule has 0 radical (unpaired) electrons. The summed E-state index contributed by atoms with van der Waals surface area (Å²) in [5.74, 6) is -0.264. The van der Waals surface area contributed by atoms with Crippen molar-refractivity contribution in [2.45, 2.75) is 50.0 Å². The maximum Gasteiger partial charge on any atom is 0.261 e. The van der Waals surface area contributed by atoms with Gasteiger partial charge in [0.1, 0.15) is 0 Å². The minimum atomic E-state index is -3.88. The molecule has 0 bridgehead atoms. The van der Waals surface area contributed by atoms with Gasteiger partial charge in [-0.3, -0.25) is 4.79 Å². The number of amides is 1. The second kappa shape index (κ2) is 5.89. The second-order valence-electron chi connectivity index (χ2n) is 5.74. The summed E-state index contributed by atoms with van der Waals surface area (Å²) in [6.45, 7) is 3.78. The van der Waals surface area contributed by atoms with E-state index in [1.54, 1.807) is 6.92 Å². The van der Waals surface area contributed by atoms with E-state index in [0.29, 0.717) is 15.6 Å². The first-order valence-electron chi connectivity index (χ1n) is 6.70. The predicted molar refractivity (Wildman–Crippen MR) is 86.3 cm³/mol. The van der Waals surface area contributed by atoms with Crippen molar-refractivity contribution in [1.82, 2.24) is 5.32 Å². The maximum atomic E-state index is 12.5. The minimum absolute atomic E-state index is 0.0802. The normalized spacial score (nSPS) is 17.7. The molecule has 1 fully saturated rings. The molecule has 0 atom stereocenters. The molecule has 21 heavy (non-hydrogen) atoms. The summed E-state index contributed by atoms with van der Waals surface area (Å²) in [5.41, 5.74) is 0.807. The van der Waals surface area contributed by atoms with Crippen LogP contribution in [0.25, 0.3) is 0 Å². The first-order valence-corrected chi connectivity index (χ1v) is 9.80. The molecule has 0 aliphatic heterocycles. The Morgan fingerprint density at radius 1 is 1.33 bits per heavy atom. The van der Waals surface area contributed by atoms with E-state index in [9.17, 15) is 13.2 Å². The van der Waals surface area contributed by atoms with E-state index in [4.69, 9.17) is 10.7 Å². The second-order valence-corrected chi connectivity index (χ2v) is 9.16. The Labute approximate surface area is 137 Å². The molecule has 0 spiro atoms. The van der Waals surface area contributed by atoms with Gasteiger partial charge in [0, 0.05) is 26.3 Å². The number of halogens is 2. The Kier molecular flexibility index (Phi) is 4.71. The first kappa shape index (κ1) is 16.8. The minimum Gasteiger partial charge on any atom is -0.347 e. The fourth-order valence-corrected chi connectivity index (χ4v) is 4.05. The number of carbonyl (C=O) groups excluding carboxylic acids is 1. The quantitative estimate of drug-likeness (QED) is 0.794.